The molecule has 4 atom stereocenters. The van der Waals surface area contributed by atoms with Crippen LogP contribution in [0, 0.1) is 25.7 Å². The monoisotopic (exact) mass is 784 g/mol. The summed E-state index contributed by atoms with van der Waals surface area (Å²) in [7, 11) is 0. The van der Waals surface area contributed by atoms with Gasteiger partial charge in [0.25, 0.3) is 0 Å². The van der Waals surface area contributed by atoms with Gasteiger partial charge in [-0.25, -0.2) is 9.59 Å². The highest BCUT2D eigenvalue weighted by Gasteiger charge is 2.42. The predicted molar refractivity (Wildman–Crippen MR) is 219 cm³/mol. The number of rotatable bonds is 8. The summed E-state index contributed by atoms with van der Waals surface area (Å²) in [6.45, 7) is 6.34. The number of pyridine rings is 2. The number of nitrogens with two attached hydrogens (primary N) is 2. The first kappa shape index (κ1) is 39.4. The average molecular weight is 785 g/mol. The summed E-state index contributed by atoms with van der Waals surface area (Å²) in [5, 5.41) is 0. The molecule has 0 saturated carbocycles. The molecule has 2 aliphatic heterocycles. The third-order valence-corrected chi connectivity index (χ3v) is 13.0. The molecule has 12 heteroatoms. The zero-order valence-electron chi connectivity index (χ0n) is 33.3. The van der Waals surface area contributed by atoms with Gasteiger partial charge in [-0.1, -0.05) is 24.3 Å². The van der Waals surface area contributed by atoms with E-state index in [2.05, 4.69) is 19.8 Å². The van der Waals surface area contributed by atoms with E-state index in [1.54, 1.807) is 12.4 Å². The molecule has 2 saturated heterocycles. The van der Waals surface area contributed by atoms with E-state index in [9.17, 15) is 19.2 Å². The molecule has 4 unspecified atom stereocenters. The quantitative estimate of drug-likeness (QED) is 0.107. The summed E-state index contributed by atoms with van der Waals surface area (Å²) in [6, 6.07) is 18.5. The van der Waals surface area contributed by atoms with Gasteiger partial charge in [-0.05, 0) is 137 Å². The van der Waals surface area contributed by atoms with E-state index in [0.717, 1.165) is 33.6 Å². The molecule has 4 aliphatic rings. The molecular weight excluding hydrogens is 733 g/mol. The number of carbonyl (C=O) groups excluding carboxylic acids is 4. The van der Waals surface area contributed by atoms with Crippen molar-refractivity contribution in [2.24, 2.45) is 11.8 Å². The van der Waals surface area contributed by atoms with Crippen LogP contribution in [0.25, 0.3) is 0 Å². The van der Waals surface area contributed by atoms with Crippen LogP contribution >= 0.6 is 0 Å². The molecule has 0 spiro atoms. The molecular formula is C46H52N6O6. The molecule has 2 aromatic heterocycles. The van der Waals surface area contributed by atoms with Crippen molar-refractivity contribution in [1.29, 1.82) is 0 Å². The molecule has 2 aliphatic carbocycles. The van der Waals surface area contributed by atoms with Crippen LogP contribution in [0.2, 0.25) is 0 Å². The van der Waals surface area contributed by atoms with Crippen molar-refractivity contribution < 1.29 is 28.7 Å². The number of nitrogen functional groups attached to an aromatic ring is 2. The number of fused-ring (bicyclic) bond motifs is 2. The lowest BCUT2D eigenvalue weighted by molar-refractivity contribution is -0.178. The summed E-state index contributed by atoms with van der Waals surface area (Å²) in [5.41, 5.74) is 21.3. The minimum atomic E-state index is -1.02. The standard InChI is InChI=1S/C46H52N6O6/c1-27-9-11-33(25-49-27)43(53)29-13-17-51(18-14-29)39-23-35-31(5-3-7-37(35)47)21-41(39)57-45(55)46(56)58-42-22-32-6-4-8-38(48)36(32)24-40(42)52-19-15-30(16-20-52)44(54)34-12-10-28(2)50-26-34/h3-12,25-26,29-30,39-42H,13-24,47-48H2,1-2H3. The number of Topliss-reactive ketones (excluding diaryl/α,β-unsaturated/α-hetero) is 2. The van der Waals surface area contributed by atoms with E-state index in [0.29, 0.717) is 100 Å². The summed E-state index contributed by atoms with van der Waals surface area (Å²) in [5.74, 6) is -2.10. The van der Waals surface area contributed by atoms with Crippen molar-refractivity contribution in [2.45, 2.75) is 89.5 Å². The van der Waals surface area contributed by atoms with Gasteiger partial charge in [0.05, 0.1) is 12.1 Å². The lowest BCUT2D eigenvalue weighted by Gasteiger charge is -2.43. The van der Waals surface area contributed by atoms with Gasteiger partial charge in [0.1, 0.15) is 12.2 Å². The highest BCUT2D eigenvalue weighted by Crippen LogP contribution is 2.35. The highest BCUT2D eigenvalue weighted by molar-refractivity contribution is 6.29. The third-order valence-electron chi connectivity index (χ3n) is 13.0. The van der Waals surface area contributed by atoms with Gasteiger partial charge < -0.3 is 20.9 Å². The first-order valence-electron chi connectivity index (χ1n) is 20.6. The molecule has 58 heavy (non-hydrogen) atoms. The first-order valence-corrected chi connectivity index (χ1v) is 20.6. The summed E-state index contributed by atoms with van der Waals surface area (Å²) >= 11 is 0. The Balaban J connectivity index is 0.951. The Bertz CT molecular complexity index is 2020. The van der Waals surface area contributed by atoms with Crippen molar-refractivity contribution >= 4 is 34.9 Å². The highest BCUT2D eigenvalue weighted by atomic mass is 16.6. The number of hydrogen-bond donors (Lipinski definition) is 2. The molecule has 302 valence electrons. The number of ketones is 2. The number of ether oxygens (including phenoxy) is 2. The molecule has 2 aromatic carbocycles. The number of likely N-dealkylation sites (tertiary alicyclic amines) is 2. The Morgan fingerprint density at radius 3 is 1.33 bits per heavy atom. The number of hydrogen-bond acceptors (Lipinski definition) is 12. The number of benzene rings is 2. The van der Waals surface area contributed by atoms with E-state index in [4.69, 9.17) is 20.9 Å². The molecule has 0 amide bonds. The first-order chi connectivity index (χ1) is 28.0. The Kier molecular flexibility index (Phi) is 11.4. The average Bonchev–Trinajstić information content (AvgIpc) is 3.24. The summed E-state index contributed by atoms with van der Waals surface area (Å²) in [6.07, 6.45) is 6.62. The maximum absolute atomic E-state index is 13.8. The Morgan fingerprint density at radius 1 is 0.569 bits per heavy atom. The van der Waals surface area contributed by atoms with Crippen molar-refractivity contribution in [3.05, 3.63) is 118 Å². The van der Waals surface area contributed by atoms with Crippen LogP contribution in [0.3, 0.4) is 0 Å². The fraction of sp³-hybridized carbons (Fsp3) is 0.435. The second kappa shape index (κ2) is 16.8. The number of anilines is 2. The molecule has 0 bridgehead atoms. The van der Waals surface area contributed by atoms with Crippen LogP contribution in [0.5, 0.6) is 0 Å². The van der Waals surface area contributed by atoms with Crippen LogP contribution < -0.4 is 11.5 Å². The molecule has 4 heterocycles. The van der Waals surface area contributed by atoms with Crippen molar-refractivity contribution in [3.8, 4) is 0 Å². The number of esters is 2. The molecule has 0 radical (unpaired) electrons. The van der Waals surface area contributed by atoms with E-state index in [1.807, 2.05) is 74.5 Å². The molecule has 2 fully saturated rings. The topological polar surface area (TPSA) is 171 Å². The number of nitrogens with zero attached hydrogens (tertiary/aromatic N) is 4. The zero-order chi connectivity index (χ0) is 40.5. The van der Waals surface area contributed by atoms with Crippen LogP contribution in [0.1, 0.15) is 80.0 Å². The van der Waals surface area contributed by atoms with Crippen molar-refractivity contribution in [3.63, 3.8) is 0 Å². The van der Waals surface area contributed by atoms with Gasteiger partial charge in [-0.2, -0.15) is 0 Å². The Morgan fingerprint density at radius 2 is 0.966 bits per heavy atom. The minimum Gasteiger partial charge on any atom is -0.452 e. The van der Waals surface area contributed by atoms with Crippen LogP contribution in [-0.4, -0.2) is 93.7 Å². The summed E-state index contributed by atoms with van der Waals surface area (Å²) < 4.78 is 12.2. The molecule has 4 N–H and O–H groups in total. The van der Waals surface area contributed by atoms with Crippen molar-refractivity contribution in [1.82, 2.24) is 19.8 Å². The SMILES string of the molecule is Cc1ccc(C(=O)C2CCN(C3Cc4c(N)cccc4CC3OC(=O)C(=O)OC3Cc4cccc(N)c4CC3N3CCC(C(=O)c4ccc(C)nc4)CC3)CC2)cn1. The van der Waals surface area contributed by atoms with Crippen molar-refractivity contribution in [2.75, 3.05) is 37.6 Å². The fourth-order valence-corrected chi connectivity index (χ4v) is 9.60. The lowest BCUT2D eigenvalue weighted by Crippen LogP contribution is -2.54. The van der Waals surface area contributed by atoms with Gasteiger partial charge >= 0.3 is 11.9 Å². The van der Waals surface area contributed by atoms with Gasteiger partial charge in [0.2, 0.25) is 0 Å². The number of aryl methyl sites for hydroxylation is 2. The van der Waals surface area contributed by atoms with E-state index in [-0.39, 0.29) is 35.5 Å². The number of aromatic nitrogens is 2. The second-order valence-electron chi connectivity index (χ2n) is 16.5. The number of piperidine rings is 2. The maximum atomic E-state index is 13.8. The predicted octanol–water partition coefficient (Wildman–Crippen LogP) is 4.91. The van der Waals surface area contributed by atoms with Crippen LogP contribution in [0.15, 0.2) is 73.1 Å². The minimum absolute atomic E-state index is 0.0973. The third kappa shape index (κ3) is 8.26. The largest absolute Gasteiger partial charge is 0.452 e. The Hall–Kier alpha value is -5.46. The Labute approximate surface area is 339 Å². The van der Waals surface area contributed by atoms with Crippen LogP contribution in [0.4, 0.5) is 11.4 Å². The zero-order valence-corrected chi connectivity index (χ0v) is 33.3. The van der Waals surface area contributed by atoms with E-state index in [1.165, 1.54) is 0 Å². The smallest absolute Gasteiger partial charge is 0.417 e. The fourth-order valence-electron chi connectivity index (χ4n) is 9.60. The van der Waals surface area contributed by atoms with E-state index < -0.39 is 24.1 Å². The normalized spacial score (nSPS) is 23.0. The lowest BCUT2D eigenvalue weighted by atomic mass is 9.82. The van der Waals surface area contributed by atoms with Gasteiger partial charge in [-0.15, -0.1) is 0 Å². The van der Waals surface area contributed by atoms with Gasteiger partial charge in [-0.3, -0.25) is 29.4 Å². The summed E-state index contributed by atoms with van der Waals surface area (Å²) in [4.78, 5) is 67.5. The molecule has 12 nitrogen and oxygen atoms in total. The van der Waals surface area contributed by atoms with Gasteiger partial charge in [0.15, 0.2) is 11.6 Å². The molecule has 4 aromatic rings. The van der Waals surface area contributed by atoms with Crippen LogP contribution in [-0.2, 0) is 44.7 Å². The molecule has 8 rings (SSSR count). The maximum Gasteiger partial charge on any atom is 0.417 e. The van der Waals surface area contributed by atoms with Gasteiger partial charge in [0, 0.05) is 71.0 Å². The number of carbonyl (C=O) groups is 4. The second-order valence-corrected chi connectivity index (χ2v) is 16.5. The van der Waals surface area contributed by atoms with E-state index >= 15 is 0 Å².